The lowest BCUT2D eigenvalue weighted by molar-refractivity contribution is -0.0867. The van der Waals surface area contributed by atoms with E-state index in [1.807, 2.05) is 7.11 Å². The van der Waals surface area contributed by atoms with Crippen LogP contribution in [0.25, 0.3) is 0 Å². The number of rotatable bonds is 6. The minimum absolute atomic E-state index is 0.0964. The highest BCUT2D eigenvalue weighted by Crippen LogP contribution is 2.45. The van der Waals surface area contributed by atoms with Gasteiger partial charge < -0.3 is 14.8 Å². The van der Waals surface area contributed by atoms with Crippen molar-refractivity contribution in [2.24, 2.45) is 5.41 Å². The lowest BCUT2D eigenvalue weighted by Crippen LogP contribution is -2.56. The largest absolute Gasteiger partial charge is 0.496 e. The highest BCUT2D eigenvalue weighted by Gasteiger charge is 2.46. The van der Waals surface area contributed by atoms with Crippen LogP contribution in [0.1, 0.15) is 59.3 Å². The molecule has 0 radical (unpaired) electrons. The summed E-state index contributed by atoms with van der Waals surface area (Å²) in [4.78, 5) is 0. The molecule has 1 aliphatic heterocycles. The van der Waals surface area contributed by atoms with Gasteiger partial charge in [-0.2, -0.15) is 0 Å². The first-order valence-corrected chi connectivity index (χ1v) is 8.14. The van der Waals surface area contributed by atoms with E-state index in [1.54, 1.807) is 0 Å². The van der Waals surface area contributed by atoms with Gasteiger partial charge in [-0.1, -0.05) is 20.8 Å². The van der Waals surface area contributed by atoms with Gasteiger partial charge in [0.25, 0.3) is 0 Å². The monoisotopic (exact) mass is 281 g/mol. The molecule has 3 heteroatoms. The zero-order chi connectivity index (χ0) is 14.6. The van der Waals surface area contributed by atoms with Crippen LogP contribution in [0.3, 0.4) is 0 Å². The van der Waals surface area contributed by atoms with E-state index >= 15 is 0 Å². The van der Waals surface area contributed by atoms with Gasteiger partial charge in [-0.15, -0.1) is 0 Å². The fraction of sp³-hybridized carbons (Fsp3) is 0.882. The quantitative estimate of drug-likeness (QED) is 0.806. The van der Waals surface area contributed by atoms with Gasteiger partial charge in [0.2, 0.25) is 0 Å². The normalized spacial score (nSPS) is 25.9. The summed E-state index contributed by atoms with van der Waals surface area (Å²) in [6, 6.07) is 0.214. The van der Waals surface area contributed by atoms with E-state index in [2.05, 4.69) is 32.2 Å². The summed E-state index contributed by atoms with van der Waals surface area (Å²) in [5.41, 5.74) is 0.350. The summed E-state index contributed by atoms with van der Waals surface area (Å²) in [7, 11) is 1.87. The summed E-state index contributed by atoms with van der Waals surface area (Å²) < 4.78 is 11.9. The zero-order valence-corrected chi connectivity index (χ0v) is 13.6. The Morgan fingerprint density at radius 3 is 2.50 bits per heavy atom. The van der Waals surface area contributed by atoms with Gasteiger partial charge in [0.05, 0.1) is 18.2 Å². The minimum Gasteiger partial charge on any atom is -0.496 e. The van der Waals surface area contributed by atoms with E-state index in [4.69, 9.17) is 9.47 Å². The second kappa shape index (κ2) is 6.48. The Kier molecular flexibility index (Phi) is 5.14. The van der Waals surface area contributed by atoms with Crippen LogP contribution in [0, 0.1) is 5.41 Å². The number of hydrogen-bond acceptors (Lipinski definition) is 3. The molecule has 0 saturated heterocycles. The first kappa shape index (κ1) is 15.8. The molecule has 116 valence electrons. The molecule has 2 rings (SSSR count). The van der Waals surface area contributed by atoms with Crippen molar-refractivity contribution in [2.75, 3.05) is 20.3 Å². The van der Waals surface area contributed by atoms with E-state index < -0.39 is 0 Å². The molecule has 1 aliphatic carbocycles. The zero-order valence-electron chi connectivity index (χ0n) is 13.6. The summed E-state index contributed by atoms with van der Waals surface area (Å²) in [6.45, 7) is 8.78. The van der Waals surface area contributed by atoms with Crippen LogP contribution in [0.2, 0.25) is 0 Å². The van der Waals surface area contributed by atoms with Crippen LogP contribution in [0.5, 0.6) is 0 Å². The van der Waals surface area contributed by atoms with E-state index in [-0.39, 0.29) is 11.6 Å². The molecule has 1 atom stereocenters. The van der Waals surface area contributed by atoms with Crippen LogP contribution in [-0.4, -0.2) is 31.9 Å². The van der Waals surface area contributed by atoms with Crippen LogP contribution in [-0.2, 0) is 9.47 Å². The molecule has 1 fully saturated rings. The van der Waals surface area contributed by atoms with Crippen LogP contribution in [0.4, 0.5) is 0 Å². The van der Waals surface area contributed by atoms with Gasteiger partial charge in [0, 0.05) is 13.5 Å². The van der Waals surface area contributed by atoms with Gasteiger partial charge >= 0.3 is 0 Å². The smallest absolute Gasteiger partial charge is 0.112 e. The van der Waals surface area contributed by atoms with Gasteiger partial charge in [0.15, 0.2) is 0 Å². The molecule has 2 aliphatic rings. The molecule has 0 bridgehead atoms. The number of ether oxygens (including phenoxy) is 2. The lowest BCUT2D eigenvalue weighted by Gasteiger charge is -2.47. The van der Waals surface area contributed by atoms with Gasteiger partial charge in [-0.05, 0) is 50.1 Å². The second-order valence-corrected chi connectivity index (χ2v) is 7.06. The van der Waals surface area contributed by atoms with E-state index in [1.165, 1.54) is 12.8 Å². The van der Waals surface area contributed by atoms with E-state index in [0.717, 1.165) is 44.6 Å². The molecule has 1 saturated carbocycles. The molecule has 0 aromatic rings. The molecule has 20 heavy (non-hydrogen) atoms. The predicted molar refractivity (Wildman–Crippen MR) is 82.7 cm³/mol. The average Bonchev–Trinajstić information content (AvgIpc) is 2.95. The second-order valence-electron chi connectivity index (χ2n) is 7.06. The van der Waals surface area contributed by atoms with Crippen molar-refractivity contribution in [2.45, 2.75) is 70.9 Å². The molecule has 0 aromatic heterocycles. The van der Waals surface area contributed by atoms with Crippen LogP contribution < -0.4 is 5.32 Å². The Balaban J connectivity index is 2.15. The lowest BCUT2D eigenvalue weighted by atomic mass is 9.68. The van der Waals surface area contributed by atoms with Crippen LogP contribution in [0.15, 0.2) is 11.8 Å². The molecule has 1 N–H and O–H groups in total. The van der Waals surface area contributed by atoms with Gasteiger partial charge in [-0.25, -0.2) is 0 Å². The SMILES string of the molecule is CCCNC(C1=CCCO1)C1(OC)CCC(C)(C)CC1. The Morgan fingerprint density at radius 2 is 2.00 bits per heavy atom. The van der Waals surface area contributed by atoms with Crippen molar-refractivity contribution in [1.82, 2.24) is 5.32 Å². The van der Waals surface area contributed by atoms with E-state index in [9.17, 15) is 0 Å². The summed E-state index contributed by atoms with van der Waals surface area (Å²) in [6.07, 6.45) is 9.07. The van der Waals surface area contributed by atoms with Crippen molar-refractivity contribution in [1.29, 1.82) is 0 Å². The van der Waals surface area contributed by atoms with Crippen molar-refractivity contribution >= 4 is 0 Å². The fourth-order valence-corrected chi connectivity index (χ4v) is 3.43. The minimum atomic E-state index is -0.0964. The molecule has 3 nitrogen and oxygen atoms in total. The summed E-state index contributed by atoms with van der Waals surface area (Å²) in [5.74, 6) is 1.11. The number of hydrogen-bond donors (Lipinski definition) is 1. The highest BCUT2D eigenvalue weighted by molar-refractivity contribution is 5.16. The van der Waals surface area contributed by atoms with Crippen molar-refractivity contribution < 1.29 is 9.47 Å². The number of nitrogens with one attached hydrogen (secondary N) is 1. The van der Waals surface area contributed by atoms with Gasteiger partial charge in [0.1, 0.15) is 5.76 Å². The Morgan fingerprint density at radius 1 is 1.30 bits per heavy atom. The third kappa shape index (κ3) is 3.37. The van der Waals surface area contributed by atoms with Crippen LogP contribution >= 0.6 is 0 Å². The Hall–Kier alpha value is -0.540. The topological polar surface area (TPSA) is 30.5 Å². The first-order chi connectivity index (χ1) is 9.53. The molecule has 1 unspecified atom stereocenters. The summed E-state index contributed by atoms with van der Waals surface area (Å²) in [5, 5.41) is 3.68. The standard InChI is InChI=1S/C17H31NO2/c1-5-12-18-15(14-7-6-13-20-14)17(19-4)10-8-16(2,3)9-11-17/h7,15,18H,5-6,8-13H2,1-4H3. The molecule has 0 aromatic carbocycles. The molecule has 0 amide bonds. The maximum Gasteiger partial charge on any atom is 0.112 e. The maximum absolute atomic E-state index is 6.06. The van der Waals surface area contributed by atoms with Gasteiger partial charge in [-0.3, -0.25) is 0 Å². The van der Waals surface area contributed by atoms with Crippen molar-refractivity contribution in [3.63, 3.8) is 0 Å². The highest BCUT2D eigenvalue weighted by atomic mass is 16.5. The molecular weight excluding hydrogens is 250 g/mol. The first-order valence-electron chi connectivity index (χ1n) is 8.14. The van der Waals surface area contributed by atoms with Crippen molar-refractivity contribution in [3.05, 3.63) is 11.8 Å². The molecular formula is C17H31NO2. The number of methoxy groups -OCH3 is 1. The molecule has 0 spiro atoms. The maximum atomic E-state index is 6.06. The molecule has 1 heterocycles. The van der Waals surface area contributed by atoms with E-state index in [0.29, 0.717) is 5.41 Å². The fourth-order valence-electron chi connectivity index (χ4n) is 3.43. The predicted octanol–water partition coefficient (Wildman–Crippen LogP) is 3.64. The Bertz CT molecular complexity index is 339. The third-order valence-corrected chi connectivity index (χ3v) is 5.00. The Labute approximate surface area is 124 Å². The third-order valence-electron chi connectivity index (χ3n) is 5.00. The van der Waals surface area contributed by atoms with Crippen molar-refractivity contribution in [3.8, 4) is 0 Å². The average molecular weight is 281 g/mol. The summed E-state index contributed by atoms with van der Waals surface area (Å²) >= 11 is 0.